The molecule has 1 unspecified atom stereocenters. The third kappa shape index (κ3) is 2.58. The number of nitrogens with zero attached hydrogens (tertiary/aromatic N) is 1. The van der Waals surface area contributed by atoms with Crippen LogP contribution in [0, 0.1) is 0 Å². The van der Waals surface area contributed by atoms with Gasteiger partial charge in [-0.25, -0.2) is 4.98 Å². The second-order valence-electron chi connectivity index (χ2n) is 3.43. The van der Waals surface area contributed by atoms with Crippen molar-refractivity contribution >= 4 is 0 Å². The molecule has 0 aliphatic rings. The number of H-pyrrole nitrogens is 1. The van der Waals surface area contributed by atoms with Gasteiger partial charge in [0.25, 0.3) is 0 Å². The van der Waals surface area contributed by atoms with Crippen molar-refractivity contribution in [3.63, 3.8) is 0 Å². The number of hydrogen-bond donors (Lipinski definition) is 1. The normalized spacial score (nSPS) is 12.2. The maximum atomic E-state index is 5.71. The van der Waals surface area contributed by atoms with Crippen LogP contribution < -0.4 is 0 Å². The molecule has 0 amide bonds. The standard InChI is InChI=1S/C13H14N2O/c1-2-12(13-14-8-9-15-13)16-10-11-6-4-3-5-7-11/h2-9,12H,1,10H2,(H,14,15). The number of imidazole rings is 1. The van der Waals surface area contributed by atoms with E-state index >= 15 is 0 Å². The van der Waals surface area contributed by atoms with Gasteiger partial charge in [0, 0.05) is 12.4 Å². The monoisotopic (exact) mass is 214 g/mol. The van der Waals surface area contributed by atoms with Gasteiger partial charge in [-0.05, 0) is 5.56 Å². The Bertz CT molecular complexity index is 422. The first-order valence-corrected chi connectivity index (χ1v) is 5.17. The molecule has 16 heavy (non-hydrogen) atoms. The summed E-state index contributed by atoms with van der Waals surface area (Å²) in [5, 5.41) is 0. The Morgan fingerprint density at radius 1 is 1.38 bits per heavy atom. The van der Waals surface area contributed by atoms with Crippen molar-refractivity contribution in [3.8, 4) is 0 Å². The molecule has 0 saturated carbocycles. The summed E-state index contributed by atoms with van der Waals surface area (Å²) in [4.78, 5) is 7.16. The van der Waals surface area contributed by atoms with Gasteiger partial charge in [-0.2, -0.15) is 0 Å². The molecule has 0 saturated heterocycles. The number of ether oxygens (including phenoxy) is 1. The molecule has 1 atom stereocenters. The van der Waals surface area contributed by atoms with Crippen molar-refractivity contribution in [2.75, 3.05) is 0 Å². The van der Waals surface area contributed by atoms with Gasteiger partial charge in [-0.15, -0.1) is 6.58 Å². The highest BCUT2D eigenvalue weighted by Gasteiger charge is 2.09. The lowest BCUT2D eigenvalue weighted by atomic mass is 10.2. The van der Waals surface area contributed by atoms with Crippen LogP contribution in [0.3, 0.4) is 0 Å². The van der Waals surface area contributed by atoms with Crippen LogP contribution in [0.5, 0.6) is 0 Å². The van der Waals surface area contributed by atoms with Gasteiger partial charge in [0.05, 0.1) is 6.61 Å². The first kappa shape index (κ1) is 10.6. The highest BCUT2D eigenvalue weighted by atomic mass is 16.5. The van der Waals surface area contributed by atoms with Crippen molar-refractivity contribution in [2.24, 2.45) is 0 Å². The minimum absolute atomic E-state index is 0.185. The van der Waals surface area contributed by atoms with Crippen LogP contribution in [0.4, 0.5) is 0 Å². The Hall–Kier alpha value is -1.87. The molecule has 1 aromatic carbocycles. The average molecular weight is 214 g/mol. The van der Waals surface area contributed by atoms with Gasteiger partial charge >= 0.3 is 0 Å². The van der Waals surface area contributed by atoms with E-state index in [0.29, 0.717) is 6.61 Å². The maximum absolute atomic E-state index is 5.71. The summed E-state index contributed by atoms with van der Waals surface area (Å²) < 4.78 is 5.71. The molecule has 0 radical (unpaired) electrons. The molecule has 3 heteroatoms. The van der Waals surface area contributed by atoms with E-state index in [0.717, 1.165) is 11.4 Å². The van der Waals surface area contributed by atoms with E-state index in [-0.39, 0.29) is 6.10 Å². The predicted molar refractivity (Wildman–Crippen MR) is 62.8 cm³/mol. The van der Waals surface area contributed by atoms with Crippen molar-refractivity contribution in [2.45, 2.75) is 12.7 Å². The van der Waals surface area contributed by atoms with Crippen molar-refractivity contribution in [1.29, 1.82) is 0 Å². The van der Waals surface area contributed by atoms with Gasteiger partial charge in [-0.1, -0.05) is 36.4 Å². The molecule has 82 valence electrons. The molecule has 0 spiro atoms. The zero-order valence-corrected chi connectivity index (χ0v) is 8.97. The summed E-state index contributed by atoms with van der Waals surface area (Å²) >= 11 is 0. The Morgan fingerprint density at radius 3 is 2.81 bits per heavy atom. The molecule has 1 aromatic heterocycles. The van der Waals surface area contributed by atoms with E-state index in [1.54, 1.807) is 18.5 Å². The number of nitrogens with one attached hydrogen (secondary N) is 1. The molecule has 1 N–H and O–H groups in total. The first-order valence-electron chi connectivity index (χ1n) is 5.17. The summed E-state index contributed by atoms with van der Waals surface area (Å²) in [6.45, 7) is 4.30. The maximum Gasteiger partial charge on any atom is 0.139 e. The fourth-order valence-corrected chi connectivity index (χ4v) is 1.45. The number of aromatic amines is 1. The van der Waals surface area contributed by atoms with E-state index in [2.05, 4.69) is 16.5 Å². The van der Waals surface area contributed by atoms with Gasteiger partial charge < -0.3 is 9.72 Å². The largest absolute Gasteiger partial charge is 0.362 e. The van der Waals surface area contributed by atoms with Crippen molar-refractivity contribution in [3.05, 3.63) is 66.8 Å². The smallest absolute Gasteiger partial charge is 0.139 e. The Labute approximate surface area is 94.8 Å². The van der Waals surface area contributed by atoms with E-state index in [4.69, 9.17) is 4.74 Å². The second-order valence-corrected chi connectivity index (χ2v) is 3.43. The number of benzene rings is 1. The quantitative estimate of drug-likeness (QED) is 0.777. The third-order valence-electron chi connectivity index (χ3n) is 2.28. The molecule has 0 aliphatic heterocycles. The van der Waals surface area contributed by atoms with E-state index in [1.807, 2.05) is 30.3 Å². The Morgan fingerprint density at radius 2 is 2.19 bits per heavy atom. The van der Waals surface area contributed by atoms with E-state index in [9.17, 15) is 0 Å². The van der Waals surface area contributed by atoms with Crippen LogP contribution in [0.25, 0.3) is 0 Å². The number of aromatic nitrogens is 2. The van der Waals surface area contributed by atoms with Crippen molar-refractivity contribution < 1.29 is 4.74 Å². The Kier molecular flexibility index (Phi) is 3.51. The van der Waals surface area contributed by atoms with Crippen molar-refractivity contribution in [1.82, 2.24) is 9.97 Å². The topological polar surface area (TPSA) is 37.9 Å². The predicted octanol–water partition coefficient (Wildman–Crippen LogP) is 2.85. The van der Waals surface area contributed by atoms with Crippen LogP contribution in [-0.2, 0) is 11.3 Å². The fraction of sp³-hybridized carbons (Fsp3) is 0.154. The van der Waals surface area contributed by atoms with Gasteiger partial charge in [0.1, 0.15) is 11.9 Å². The zero-order valence-electron chi connectivity index (χ0n) is 8.97. The third-order valence-corrected chi connectivity index (χ3v) is 2.28. The first-order chi connectivity index (χ1) is 7.90. The van der Waals surface area contributed by atoms with Crippen LogP contribution in [0.2, 0.25) is 0 Å². The summed E-state index contributed by atoms with van der Waals surface area (Å²) in [5.41, 5.74) is 1.14. The van der Waals surface area contributed by atoms with Crippen LogP contribution in [0.15, 0.2) is 55.4 Å². The summed E-state index contributed by atoms with van der Waals surface area (Å²) in [6.07, 6.45) is 5.03. The highest BCUT2D eigenvalue weighted by molar-refractivity contribution is 5.13. The molecular formula is C13H14N2O. The molecule has 0 fully saturated rings. The van der Waals surface area contributed by atoms with Gasteiger partial charge in [0.15, 0.2) is 0 Å². The highest BCUT2D eigenvalue weighted by Crippen LogP contribution is 2.16. The van der Waals surface area contributed by atoms with Crippen LogP contribution in [-0.4, -0.2) is 9.97 Å². The SMILES string of the molecule is C=CC(OCc1ccccc1)c1ncc[nH]1. The van der Waals surface area contributed by atoms with Gasteiger partial charge in [0.2, 0.25) is 0 Å². The molecule has 3 nitrogen and oxygen atoms in total. The molecule has 2 aromatic rings. The summed E-state index contributed by atoms with van der Waals surface area (Å²) in [6, 6.07) is 10.0. The number of hydrogen-bond acceptors (Lipinski definition) is 2. The molecular weight excluding hydrogens is 200 g/mol. The average Bonchev–Trinajstić information content (AvgIpc) is 2.85. The number of rotatable bonds is 5. The second kappa shape index (κ2) is 5.28. The summed E-state index contributed by atoms with van der Waals surface area (Å²) in [7, 11) is 0. The van der Waals surface area contributed by atoms with E-state index < -0.39 is 0 Å². The Balaban J connectivity index is 1.96. The molecule has 2 rings (SSSR count). The zero-order chi connectivity index (χ0) is 11.2. The lowest BCUT2D eigenvalue weighted by molar-refractivity contribution is 0.0669. The minimum Gasteiger partial charge on any atom is -0.362 e. The minimum atomic E-state index is -0.185. The van der Waals surface area contributed by atoms with Gasteiger partial charge in [-0.3, -0.25) is 0 Å². The molecule has 1 heterocycles. The van der Waals surface area contributed by atoms with Crippen LogP contribution >= 0.6 is 0 Å². The lowest BCUT2D eigenvalue weighted by Gasteiger charge is -2.11. The molecule has 0 bridgehead atoms. The lowest BCUT2D eigenvalue weighted by Crippen LogP contribution is -2.03. The fourth-order valence-electron chi connectivity index (χ4n) is 1.45. The summed E-state index contributed by atoms with van der Waals surface area (Å²) in [5.74, 6) is 0.783. The van der Waals surface area contributed by atoms with E-state index in [1.165, 1.54) is 0 Å². The molecule has 0 aliphatic carbocycles. The van der Waals surface area contributed by atoms with Crippen LogP contribution in [0.1, 0.15) is 17.5 Å².